The van der Waals surface area contributed by atoms with E-state index in [-0.39, 0.29) is 11.6 Å². The number of nitrogens with one attached hydrogen (secondary N) is 1. The molecule has 0 fully saturated rings. The fraction of sp³-hybridized carbons (Fsp3) is 0.692. The van der Waals surface area contributed by atoms with Gasteiger partial charge in [0.05, 0.1) is 18.2 Å². The zero-order valence-corrected chi connectivity index (χ0v) is 13.5. The summed E-state index contributed by atoms with van der Waals surface area (Å²) in [7, 11) is 0. The minimum atomic E-state index is -0.0874. The molecule has 17 heavy (non-hydrogen) atoms. The summed E-state index contributed by atoms with van der Waals surface area (Å²) in [4.78, 5) is 1.32. The molecule has 0 aliphatic carbocycles. The van der Waals surface area contributed by atoms with Gasteiger partial charge in [-0.3, -0.25) is 0 Å². The highest BCUT2D eigenvalue weighted by Gasteiger charge is 2.19. The summed E-state index contributed by atoms with van der Waals surface area (Å²) in [5.74, 6) is 0. The van der Waals surface area contributed by atoms with Gasteiger partial charge in [-0.1, -0.05) is 6.92 Å². The van der Waals surface area contributed by atoms with E-state index in [1.54, 1.807) is 11.3 Å². The molecule has 0 spiro atoms. The van der Waals surface area contributed by atoms with Crippen molar-refractivity contribution in [3.63, 3.8) is 0 Å². The van der Waals surface area contributed by atoms with E-state index >= 15 is 0 Å². The van der Waals surface area contributed by atoms with Gasteiger partial charge in [0.2, 0.25) is 0 Å². The van der Waals surface area contributed by atoms with E-state index in [1.807, 2.05) is 0 Å². The van der Waals surface area contributed by atoms with E-state index in [0.717, 1.165) is 13.0 Å². The number of halogens is 1. The molecule has 1 unspecified atom stereocenters. The average Bonchev–Trinajstić information content (AvgIpc) is 2.63. The molecule has 1 aromatic rings. The zero-order valence-electron chi connectivity index (χ0n) is 11.0. The molecule has 1 atom stereocenters. The van der Waals surface area contributed by atoms with Crippen LogP contribution in [0.15, 0.2) is 15.9 Å². The maximum absolute atomic E-state index is 5.89. The molecule has 0 aliphatic heterocycles. The van der Waals surface area contributed by atoms with Crippen LogP contribution in [0.5, 0.6) is 0 Å². The van der Waals surface area contributed by atoms with Gasteiger partial charge in [-0.15, -0.1) is 11.3 Å². The standard InChI is InChI=1S/C13H22BrNOS/c1-5-7-15-11(9-16-13(2,3)4)12-10(14)6-8-17-12/h6,8,11,15H,5,7,9H2,1-4H3. The molecule has 0 aliphatic rings. The van der Waals surface area contributed by atoms with Crippen LogP contribution in [-0.4, -0.2) is 18.8 Å². The number of rotatable bonds is 6. The van der Waals surface area contributed by atoms with E-state index in [9.17, 15) is 0 Å². The first-order chi connectivity index (χ1) is 7.94. The van der Waals surface area contributed by atoms with Crippen LogP contribution in [0.4, 0.5) is 0 Å². The van der Waals surface area contributed by atoms with Crippen molar-refractivity contribution in [2.75, 3.05) is 13.2 Å². The van der Waals surface area contributed by atoms with E-state index in [2.05, 4.69) is 60.4 Å². The Morgan fingerprint density at radius 1 is 1.47 bits per heavy atom. The van der Waals surface area contributed by atoms with E-state index < -0.39 is 0 Å². The first-order valence-electron chi connectivity index (χ1n) is 6.04. The number of ether oxygens (including phenoxy) is 1. The van der Waals surface area contributed by atoms with E-state index in [0.29, 0.717) is 6.61 Å². The molecule has 0 saturated carbocycles. The lowest BCUT2D eigenvalue weighted by Crippen LogP contribution is -2.30. The predicted molar refractivity (Wildman–Crippen MR) is 78.8 cm³/mol. The number of thiophene rings is 1. The Bertz CT molecular complexity index is 332. The Labute approximate surface area is 117 Å². The van der Waals surface area contributed by atoms with Gasteiger partial charge in [-0.05, 0) is 61.1 Å². The quantitative estimate of drug-likeness (QED) is 0.840. The van der Waals surface area contributed by atoms with Crippen LogP contribution in [0.2, 0.25) is 0 Å². The van der Waals surface area contributed by atoms with Crippen molar-refractivity contribution in [1.29, 1.82) is 0 Å². The summed E-state index contributed by atoms with van der Waals surface area (Å²) in [6.07, 6.45) is 1.13. The van der Waals surface area contributed by atoms with Gasteiger partial charge < -0.3 is 10.1 Å². The monoisotopic (exact) mass is 319 g/mol. The van der Waals surface area contributed by atoms with E-state index in [1.165, 1.54) is 9.35 Å². The molecule has 1 N–H and O–H groups in total. The van der Waals surface area contributed by atoms with Crippen molar-refractivity contribution in [1.82, 2.24) is 5.32 Å². The van der Waals surface area contributed by atoms with Gasteiger partial charge in [0.15, 0.2) is 0 Å². The van der Waals surface area contributed by atoms with Crippen molar-refractivity contribution in [3.05, 3.63) is 20.8 Å². The highest BCUT2D eigenvalue weighted by atomic mass is 79.9. The summed E-state index contributed by atoms with van der Waals surface area (Å²) in [5, 5.41) is 5.65. The Morgan fingerprint density at radius 3 is 2.65 bits per heavy atom. The van der Waals surface area contributed by atoms with Crippen molar-refractivity contribution in [3.8, 4) is 0 Å². The van der Waals surface area contributed by atoms with Gasteiger partial charge in [0.1, 0.15) is 0 Å². The Morgan fingerprint density at radius 2 is 2.18 bits per heavy atom. The van der Waals surface area contributed by atoms with Gasteiger partial charge in [-0.25, -0.2) is 0 Å². The van der Waals surface area contributed by atoms with Gasteiger partial charge in [0.25, 0.3) is 0 Å². The van der Waals surface area contributed by atoms with Crippen LogP contribution in [0.3, 0.4) is 0 Å². The summed E-state index contributed by atoms with van der Waals surface area (Å²) in [6, 6.07) is 2.38. The third kappa shape index (κ3) is 5.51. The zero-order chi connectivity index (χ0) is 12.9. The van der Waals surface area contributed by atoms with Crippen LogP contribution >= 0.6 is 27.3 Å². The molecule has 98 valence electrons. The molecule has 4 heteroatoms. The molecule has 2 nitrogen and oxygen atoms in total. The SMILES string of the molecule is CCCNC(COC(C)(C)C)c1sccc1Br. The number of hydrogen-bond acceptors (Lipinski definition) is 3. The molecule has 1 aromatic heterocycles. The molecule has 0 saturated heterocycles. The Balaban J connectivity index is 2.64. The average molecular weight is 320 g/mol. The summed E-state index contributed by atoms with van der Waals surface area (Å²) in [5.41, 5.74) is -0.0874. The smallest absolute Gasteiger partial charge is 0.0677 e. The molecule has 0 aromatic carbocycles. The highest BCUT2D eigenvalue weighted by Crippen LogP contribution is 2.30. The maximum atomic E-state index is 5.89. The summed E-state index contributed by atoms with van der Waals surface area (Å²) >= 11 is 5.36. The molecule has 0 amide bonds. The lowest BCUT2D eigenvalue weighted by Gasteiger charge is -2.25. The Kier molecular flexibility index (Phi) is 6.13. The molecule has 1 rings (SSSR count). The Hall–Kier alpha value is 0.100. The van der Waals surface area contributed by atoms with Crippen LogP contribution in [0.1, 0.15) is 45.0 Å². The second-order valence-electron chi connectivity index (χ2n) is 5.06. The molecular weight excluding hydrogens is 298 g/mol. The van der Waals surface area contributed by atoms with Crippen LogP contribution in [0, 0.1) is 0 Å². The second-order valence-corrected chi connectivity index (χ2v) is 6.86. The fourth-order valence-electron chi connectivity index (χ4n) is 1.43. The third-order valence-electron chi connectivity index (χ3n) is 2.29. The highest BCUT2D eigenvalue weighted by molar-refractivity contribution is 9.10. The van der Waals surface area contributed by atoms with Crippen LogP contribution in [0.25, 0.3) is 0 Å². The van der Waals surface area contributed by atoms with Gasteiger partial charge in [-0.2, -0.15) is 0 Å². The van der Waals surface area contributed by atoms with Gasteiger partial charge >= 0.3 is 0 Å². The normalized spacial score (nSPS) is 13.9. The van der Waals surface area contributed by atoms with Crippen LogP contribution in [-0.2, 0) is 4.74 Å². The van der Waals surface area contributed by atoms with Crippen molar-refractivity contribution < 1.29 is 4.74 Å². The van der Waals surface area contributed by atoms with Gasteiger partial charge in [0, 0.05) is 9.35 Å². The third-order valence-corrected chi connectivity index (χ3v) is 4.27. The lowest BCUT2D eigenvalue weighted by molar-refractivity contribution is -0.0144. The maximum Gasteiger partial charge on any atom is 0.0677 e. The second kappa shape index (κ2) is 6.88. The first-order valence-corrected chi connectivity index (χ1v) is 7.71. The molecule has 0 radical (unpaired) electrons. The minimum absolute atomic E-state index is 0.0874. The van der Waals surface area contributed by atoms with Crippen molar-refractivity contribution in [2.24, 2.45) is 0 Å². The fourth-order valence-corrected chi connectivity index (χ4v) is 3.14. The number of hydrogen-bond donors (Lipinski definition) is 1. The first kappa shape index (κ1) is 15.2. The van der Waals surface area contributed by atoms with Crippen molar-refractivity contribution >= 4 is 27.3 Å². The largest absolute Gasteiger partial charge is 0.374 e. The summed E-state index contributed by atoms with van der Waals surface area (Å²) < 4.78 is 7.07. The molecule has 1 heterocycles. The molecule has 0 bridgehead atoms. The lowest BCUT2D eigenvalue weighted by atomic mass is 10.2. The summed E-state index contributed by atoms with van der Waals surface area (Å²) in [6.45, 7) is 10.2. The van der Waals surface area contributed by atoms with Crippen LogP contribution < -0.4 is 5.32 Å². The topological polar surface area (TPSA) is 21.3 Å². The van der Waals surface area contributed by atoms with Crippen molar-refractivity contribution in [2.45, 2.75) is 45.8 Å². The van der Waals surface area contributed by atoms with E-state index in [4.69, 9.17) is 4.74 Å². The minimum Gasteiger partial charge on any atom is -0.374 e. The molecular formula is C13H22BrNOS. The predicted octanol–water partition coefficient (Wildman–Crippen LogP) is 4.37.